The van der Waals surface area contributed by atoms with E-state index in [0.29, 0.717) is 5.56 Å². The zero-order valence-corrected chi connectivity index (χ0v) is 14.0. The highest BCUT2D eigenvalue weighted by Crippen LogP contribution is 2.09. The van der Waals surface area contributed by atoms with Gasteiger partial charge in [-0.3, -0.25) is 14.6 Å². The first kappa shape index (κ1) is 16.7. The summed E-state index contributed by atoms with van der Waals surface area (Å²) in [6, 6.07) is 8.85. The number of halogens is 1. The molecule has 6 heteroatoms. The number of carbonyl (C=O) groups is 2. The predicted molar refractivity (Wildman–Crippen MR) is 91.9 cm³/mol. The fourth-order valence-electron chi connectivity index (χ4n) is 1.75. The molecule has 1 aromatic carbocycles. The molecule has 23 heavy (non-hydrogen) atoms. The number of nitrogens with zero attached hydrogens (tertiary/aromatic N) is 1. The Kier molecular flexibility index (Phi) is 5.89. The molecule has 2 amide bonds. The maximum absolute atomic E-state index is 11.9. The number of rotatable bonds is 3. The van der Waals surface area contributed by atoms with Crippen LogP contribution < -0.4 is 10.6 Å². The van der Waals surface area contributed by atoms with Crippen molar-refractivity contribution in [3.05, 3.63) is 58.3 Å². The van der Waals surface area contributed by atoms with Crippen LogP contribution >= 0.6 is 15.9 Å². The number of aromatic nitrogens is 1. The second-order valence-corrected chi connectivity index (χ2v) is 5.55. The van der Waals surface area contributed by atoms with Crippen LogP contribution in [-0.4, -0.2) is 23.3 Å². The second-order valence-electron chi connectivity index (χ2n) is 4.63. The van der Waals surface area contributed by atoms with Crippen LogP contribution in [0.3, 0.4) is 0 Å². The molecule has 2 N–H and O–H groups in total. The van der Waals surface area contributed by atoms with Crippen molar-refractivity contribution in [3.63, 3.8) is 0 Å². The van der Waals surface area contributed by atoms with Crippen LogP contribution in [0, 0.1) is 11.8 Å². The normalized spacial score (nSPS) is 9.48. The van der Waals surface area contributed by atoms with Crippen LogP contribution in [0.25, 0.3) is 0 Å². The van der Waals surface area contributed by atoms with E-state index in [1.165, 1.54) is 13.1 Å². The lowest BCUT2D eigenvalue weighted by atomic mass is 10.2. The summed E-state index contributed by atoms with van der Waals surface area (Å²) in [5, 5.41) is 5.39. The van der Waals surface area contributed by atoms with Crippen LogP contribution in [0.2, 0.25) is 0 Å². The summed E-state index contributed by atoms with van der Waals surface area (Å²) >= 11 is 3.27. The van der Waals surface area contributed by atoms with Gasteiger partial charge in [-0.2, -0.15) is 0 Å². The van der Waals surface area contributed by atoms with Crippen LogP contribution in [0.15, 0.2) is 47.2 Å². The monoisotopic (exact) mass is 371 g/mol. The molecule has 0 bridgehead atoms. The summed E-state index contributed by atoms with van der Waals surface area (Å²) in [5.74, 6) is 5.47. The highest BCUT2D eigenvalue weighted by Gasteiger charge is 2.04. The molecule has 0 aliphatic heterocycles. The number of anilines is 1. The molecule has 0 spiro atoms. The molecule has 5 nitrogen and oxygen atoms in total. The SMILES string of the molecule is CC(=O)Nc1ccc(C#CCNC(=O)c2cncc(Br)c2)cc1. The first-order valence-electron chi connectivity index (χ1n) is 6.80. The molecule has 0 saturated heterocycles. The van der Waals surface area contributed by atoms with E-state index in [-0.39, 0.29) is 18.4 Å². The molecule has 0 saturated carbocycles. The summed E-state index contributed by atoms with van der Waals surface area (Å²) in [7, 11) is 0. The topological polar surface area (TPSA) is 71.1 Å². The molecule has 0 aliphatic carbocycles. The highest BCUT2D eigenvalue weighted by atomic mass is 79.9. The smallest absolute Gasteiger partial charge is 0.253 e. The van der Waals surface area contributed by atoms with Gasteiger partial charge in [0.15, 0.2) is 0 Å². The standard InChI is InChI=1S/C17H14BrN3O2/c1-12(22)21-16-6-4-13(5-7-16)3-2-8-20-17(23)14-9-15(18)11-19-10-14/h4-7,9-11H,8H2,1H3,(H,20,23)(H,21,22). The van der Waals surface area contributed by atoms with Crippen molar-refractivity contribution in [1.82, 2.24) is 10.3 Å². The molecular weight excluding hydrogens is 358 g/mol. The average Bonchev–Trinajstić information content (AvgIpc) is 2.52. The number of carbonyl (C=O) groups excluding carboxylic acids is 2. The Bertz CT molecular complexity index is 776. The van der Waals surface area contributed by atoms with Gasteiger partial charge in [0.1, 0.15) is 0 Å². The summed E-state index contributed by atoms with van der Waals surface area (Å²) in [6.07, 6.45) is 3.11. The zero-order valence-electron chi connectivity index (χ0n) is 12.4. The Morgan fingerprint density at radius 1 is 1.22 bits per heavy atom. The molecular formula is C17H14BrN3O2. The first-order valence-corrected chi connectivity index (χ1v) is 7.59. The Morgan fingerprint density at radius 2 is 1.96 bits per heavy atom. The van der Waals surface area contributed by atoms with Gasteiger partial charge in [-0.05, 0) is 46.3 Å². The minimum absolute atomic E-state index is 0.117. The third-order valence-electron chi connectivity index (χ3n) is 2.74. The van der Waals surface area contributed by atoms with Crippen molar-refractivity contribution in [3.8, 4) is 11.8 Å². The van der Waals surface area contributed by atoms with Crippen LogP contribution in [-0.2, 0) is 4.79 Å². The molecule has 0 fully saturated rings. The fourth-order valence-corrected chi connectivity index (χ4v) is 2.11. The third kappa shape index (κ3) is 5.57. The van der Waals surface area contributed by atoms with E-state index < -0.39 is 0 Å². The summed E-state index contributed by atoms with van der Waals surface area (Å²) < 4.78 is 0.746. The summed E-state index contributed by atoms with van der Waals surface area (Å²) in [5.41, 5.74) is 2.00. The molecule has 0 aliphatic rings. The zero-order chi connectivity index (χ0) is 16.7. The van der Waals surface area contributed by atoms with E-state index >= 15 is 0 Å². The molecule has 0 unspecified atom stereocenters. The van der Waals surface area contributed by atoms with E-state index in [9.17, 15) is 9.59 Å². The molecule has 0 radical (unpaired) electrons. The van der Waals surface area contributed by atoms with Crippen LogP contribution in [0.4, 0.5) is 5.69 Å². The van der Waals surface area contributed by atoms with Gasteiger partial charge in [-0.25, -0.2) is 0 Å². The maximum atomic E-state index is 11.9. The van der Waals surface area contributed by atoms with Crippen molar-refractivity contribution < 1.29 is 9.59 Å². The maximum Gasteiger partial charge on any atom is 0.253 e. The first-order chi connectivity index (χ1) is 11.0. The Labute approximate surface area is 142 Å². The van der Waals surface area contributed by atoms with Crippen molar-refractivity contribution in [2.24, 2.45) is 0 Å². The molecule has 2 aromatic rings. The van der Waals surface area contributed by atoms with E-state index in [4.69, 9.17) is 0 Å². The minimum atomic E-state index is -0.228. The van der Waals surface area contributed by atoms with Gasteiger partial charge in [0, 0.05) is 35.0 Å². The van der Waals surface area contributed by atoms with Crippen molar-refractivity contribution in [1.29, 1.82) is 0 Å². The molecule has 1 heterocycles. The van der Waals surface area contributed by atoms with Gasteiger partial charge >= 0.3 is 0 Å². The van der Waals surface area contributed by atoms with Gasteiger partial charge in [-0.15, -0.1) is 0 Å². The van der Waals surface area contributed by atoms with Gasteiger partial charge in [0.05, 0.1) is 12.1 Å². The minimum Gasteiger partial charge on any atom is -0.341 e. The Balaban J connectivity index is 1.88. The number of nitrogens with one attached hydrogen (secondary N) is 2. The Morgan fingerprint density at radius 3 is 2.61 bits per heavy atom. The second kappa shape index (κ2) is 8.11. The summed E-state index contributed by atoms with van der Waals surface area (Å²) in [4.78, 5) is 26.7. The van der Waals surface area contributed by atoms with Crippen molar-refractivity contribution in [2.75, 3.05) is 11.9 Å². The molecule has 1 aromatic heterocycles. The third-order valence-corrected chi connectivity index (χ3v) is 3.18. The Hall–Kier alpha value is -2.65. The van der Waals surface area contributed by atoms with Crippen LogP contribution in [0.5, 0.6) is 0 Å². The van der Waals surface area contributed by atoms with Crippen molar-refractivity contribution in [2.45, 2.75) is 6.92 Å². The van der Waals surface area contributed by atoms with E-state index in [1.54, 1.807) is 36.5 Å². The van der Waals surface area contributed by atoms with Gasteiger partial charge < -0.3 is 10.6 Å². The van der Waals surface area contributed by atoms with E-state index in [2.05, 4.69) is 43.4 Å². The lowest BCUT2D eigenvalue weighted by molar-refractivity contribution is -0.114. The molecule has 0 atom stereocenters. The van der Waals surface area contributed by atoms with Gasteiger partial charge in [0.25, 0.3) is 5.91 Å². The quantitative estimate of drug-likeness (QED) is 0.814. The largest absolute Gasteiger partial charge is 0.341 e. The molecule has 116 valence electrons. The predicted octanol–water partition coefficient (Wildman–Crippen LogP) is 2.58. The van der Waals surface area contributed by atoms with E-state index in [1.807, 2.05) is 0 Å². The van der Waals surface area contributed by atoms with E-state index in [0.717, 1.165) is 15.7 Å². The number of benzene rings is 1. The lowest BCUT2D eigenvalue weighted by Crippen LogP contribution is -2.23. The van der Waals surface area contributed by atoms with Crippen molar-refractivity contribution >= 4 is 33.4 Å². The number of amides is 2. The number of hydrogen-bond donors (Lipinski definition) is 2. The average molecular weight is 372 g/mol. The van der Waals surface area contributed by atoms with Gasteiger partial charge in [-0.1, -0.05) is 11.8 Å². The summed E-state index contributed by atoms with van der Waals surface area (Å²) in [6.45, 7) is 1.69. The number of pyridine rings is 1. The van der Waals surface area contributed by atoms with Crippen LogP contribution in [0.1, 0.15) is 22.8 Å². The number of hydrogen-bond acceptors (Lipinski definition) is 3. The fraction of sp³-hybridized carbons (Fsp3) is 0.118. The lowest BCUT2D eigenvalue weighted by Gasteiger charge is -2.01. The highest BCUT2D eigenvalue weighted by molar-refractivity contribution is 9.10. The van der Waals surface area contributed by atoms with Gasteiger partial charge in [0.2, 0.25) is 5.91 Å². The molecule has 2 rings (SSSR count).